The average molecular weight is 325 g/mol. The van der Waals surface area contributed by atoms with Gasteiger partial charge >= 0.3 is 0 Å². The second-order valence-corrected chi connectivity index (χ2v) is 5.90. The van der Waals surface area contributed by atoms with Crippen molar-refractivity contribution in [2.45, 2.75) is 33.1 Å². The topological polar surface area (TPSA) is 75.6 Å². The number of hydrogen-bond donors (Lipinski definition) is 2. The van der Waals surface area contributed by atoms with Gasteiger partial charge in [0.2, 0.25) is 0 Å². The second-order valence-electron chi connectivity index (χ2n) is 5.90. The first-order chi connectivity index (χ1) is 11.7. The van der Waals surface area contributed by atoms with Crippen LogP contribution in [0.2, 0.25) is 0 Å². The molecule has 0 atom stereocenters. The Hall–Kier alpha value is -2.63. The van der Waals surface area contributed by atoms with Gasteiger partial charge in [0.25, 0.3) is 5.56 Å². The van der Waals surface area contributed by atoms with E-state index in [1.54, 1.807) is 11.7 Å². The second kappa shape index (κ2) is 6.86. The van der Waals surface area contributed by atoms with Crippen LogP contribution in [-0.4, -0.2) is 26.3 Å². The minimum atomic E-state index is -0.155. The first kappa shape index (κ1) is 16.2. The van der Waals surface area contributed by atoms with Crippen LogP contribution >= 0.6 is 0 Å². The maximum atomic E-state index is 12.6. The SMILES string of the molecule is CCCNc1ccccc1-c1nc2c(CCC)nn(C)c2c(=O)[nH]1. The standard InChI is InChI=1S/C18H23N5O/c1-4-8-14-15-16(23(3)22-14)18(24)21-17(20-15)12-9-6-7-10-13(12)19-11-5-2/h6-7,9-10,19H,4-5,8,11H2,1-3H3,(H,20,21,24). The lowest BCUT2D eigenvalue weighted by Crippen LogP contribution is -2.13. The normalized spacial score (nSPS) is 11.1. The Morgan fingerprint density at radius 2 is 2.00 bits per heavy atom. The van der Waals surface area contributed by atoms with Gasteiger partial charge in [-0.05, 0) is 25.0 Å². The molecule has 2 N–H and O–H groups in total. The summed E-state index contributed by atoms with van der Waals surface area (Å²) >= 11 is 0. The number of rotatable bonds is 6. The number of para-hydroxylation sites is 1. The zero-order valence-corrected chi connectivity index (χ0v) is 14.4. The number of anilines is 1. The number of H-pyrrole nitrogens is 1. The van der Waals surface area contributed by atoms with E-state index >= 15 is 0 Å². The van der Waals surface area contributed by atoms with E-state index in [0.29, 0.717) is 16.9 Å². The molecule has 126 valence electrons. The van der Waals surface area contributed by atoms with Gasteiger partial charge in [0.15, 0.2) is 5.52 Å². The average Bonchev–Trinajstić information content (AvgIpc) is 2.90. The summed E-state index contributed by atoms with van der Waals surface area (Å²) in [6.07, 6.45) is 2.80. The van der Waals surface area contributed by atoms with E-state index in [2.05, 4.69) is 29.2 Å². The molecule has 0 aliphatic carbocycles. The molecule has 0 saturated heterocycles. The number of fused-ring (bicyclic) bond motifs is 1. The van der Waals surface area contributed by atoms with Crippen LogP contribution in [-0.2, 0) is 13.5 Å². The van der Waals surface area contributed by atoms with Crippen molar-refractivity contribution < 1.29 is 0 Å². The summed E-state index contributed by atoms with van der Waals surface area (Å²) in [5, 5.41) is 7.86. The Bertz CT molecular complexity index is 909. The zero-order chi connectivity index (χ0) is 17.1. The Balaban J connectivity index is 2.18. The fourth-order valence-electron chi connectivity index (χ4n) is 2.88. The molecule has 0 aliphatic rings. The number of aromatic nitrogens is 4. The first-order valence-corrected chi connectivity index (χ1v) is 8.44. The van der Waals surface area contributed by atoms with Crippen molar-refractivity contribution in [3.8, 4) is 11.4 Å². The van der Waals surface area contributed by atoms with Crippen LogP contribution in [0.3, 0.4) is 0 Å². The monoisotopic (exact) mass is 325 g/mol. The maximum absolute atomic E-state index is 12.6. The molecule has 0 amide bonds. The van der Waals surface area contributed by atoms with Crippen LogP contribution < -0.4 is 10.9 Å². The Morgan fingerprint density at radius 1 is 1.21 bits per heavy atom. The number of nitrogens with one attached hydrogen (secondary N) is 2. The van der Waals surface area contributed by atoms with Crippen LogP contribution in [0, 0.1) is 0 Å². The van der Waals surface area contributed by atoms with Crippen molar-refractivity contribution >= 4 is 16.7 Å². The molecule has 0 saturated carbocycles. The third kappa shape index (κ3) is 2.91. The highest BCUT2D eigenvalue weighted by atomic mass is 16.1. The fraction of sp³-hybridized carbons (Fsp3) is 0.389. The molecule has 24 heavy (non-hydrogen) atoms. The number of benzene rings is 1. The molecule has 0 spiro atoms. The molecule has 6 heteroatoms. The molecule has 3 rings (SSSR count). The van der Waals surface area contributed by atoms with E-state index in [4.69, 9.17) is 4.98 Å². The number of hydrogen-bond acceptors (Lipinski definition) is 4. The van der Waals surface area contributed by atoms with Crippen LogP contribution in [0.1, 0.15) is 32.4 Å². The van der Waals surface area contributed by atoms with Crippen molar-refractivity contribution in [1.82, 2.24) is 19.7 Å². The summed E-state index contributed by atoms with van der Waals surface area (Å²) in [4.78, 5) is 20.2. The number of nitrogens with zero attached hydrogens (tertiary/aromatic N) is 3. The lowest BCUT2D eigenvalue weighted by Gasteiger charge is -2.10. The minimum Gasteiger partial charge on any atom is -0.384 e. The molecular weight excluding hydrogens is 302 g/mol. The van der Waals surface area contributed by atoms with Crippen molar-refractivity contribution in [1.29, 1.82) is 0 Å². The lowest BCUT2D eigenvalue weighted by molar-refractivity contribution is 0.751. The van der Waals surface area contributed by atoms with Crippen molar-refractivity contribution in [3.63, 3.8) is 0 Å². The first-order valence-electron chi connectivity index (χ1n) is 8.44. The summed E-state index contributed by atoms with van der Waals surface area (Å²) in [6, 6.07) is 7.90. The van der Waals surface area contributed by atoms with Crippen molar-refractivity contribution in [2.75, 3.05) is 11.9 Å². The van der Waals surface area contributed by atoms with E-state index in [-0.39, 0.29) is 5.56 Å². The van der Waals surface area contributed by atoms with Gasteiger partial charge in [-0.2, -0.15) is 5.10 Å². The zero-order valence-electron chi connectivity index (χ0n) is 14.4. The molecule has 2 aromatic heterocycles. The molecule has 0 radical (unpaired) electrons. The Kier molecular flexibility index (Phi) is 4.64. The smallest absolute Gasteiger partial charge is 0.277 e. The highest BCUT2D eigenvalue weighted by molar-refractivity contribution is 5.81. The Labute approximate surface area is 140 Å². The van der Waals surface area contributed by atoms with Gasteiger partial charge in [0, 0.05) is 24.8 Å². The number of aromatic amines is 1. The van der Waals surface area contributed by atoms with Gasteiger partial charge in [-0.25, -0.2) is 4.98 Å². The molecule has 0 fully saturated rings. The quantitative estimate of drug-likeness (QED) is 0.730. The minimum absolute atomic E-state index is 0.155. The van der Waals surface area contributed by atoms with Crippen LogP contribution in [0.4, 0.5) is 5.69 Å². The molecule has 1 aromatic carbocycles. The van der Waals surface area contributed by atoms with Gasteiger partial charge in [-0.1, -0.05) is 32.4 Å². The fourth-order valence-corrected chi connectivity index (χ4v) is 2.88. The molecule has 0 aliphatic heterocycles. The van der Waals surface area contributed by atoms with E-state index in [9.17, 15) is 4.79 Å². The summed E-state index contributed by atoms with van der Waals surface area (Å²) in [6.45, 7) is 5.09. The van der Waals surface area contributed by atoms with Gasteiger partial charge in [0.1, 0.15) is 11.3 Å². The summed E-state index contributed by atoms with van der Waals surface area (Å²) in [5.41, 5.74) is 3.82. The largest absolute Gasteiger partial charge is 0.384 e. The van der Waals surface area contributed by atoms with Crippen LogP contribution in [0.15, 0.2) is 29.1 Å². The lowest BCUT2D eigenvalue weighted by atomic mass is 10.1. The molecule has 6 nitrogen and oxygen atoms in total. The summed E-state index contributed by atoms with van der Waals surface area (Å²) < 4.78 is 1.62. The molecule has 2 heterocycles. The maximum Gasteiger partial charge on any atom is 0.277 e. The Morgan fingerprint density at radius 3 is 2.75 bits per heavy atom. The predicted octanol–water partition coefficient (Wildman–Crippen LogP) is 3.10. The van der Waals surface area contributed by atoms with E-state index in [0.717, 1.165) is 42.8 Å². The number of aryl methyl sites for hydroxylation is 2. The van der Waals surface area contributed by atoms with Gasteiger partial charge in [-0.15, -0.1) is 0 Å². The van der Waals surface area contributed by atoms with Gasteiger partial charge < -0.3 is 10.3 Å². The van der Waals surface area contributed by atoms with Gasteiger partial charge in [0.05, 0.1) is 5.69 Å². The summed E-state index contributed by atoms with van der Waals surface area (Å²) in [7, 11) is 1.79. The predicted molar refractivity (Wildman–Crippen MR) is 97.3 cm³/mol. The molecule has 0 unspecified atom stereocenters. The van der Waals surface area contributed by atoms with E-state index in [1.807, 2.05) is 24.3 Å². The molecule has 0 bridgehead atoms. The van der Waals surface area contributed by atoms with Crippen LogP contribution in [0.25, 0.3) is 22.4 Å². The highest BCUT2D eigenvalue weighted by Gasteiger charge is 2.16. The van der Waals surface area contributed by atoms with E-state index in [1.165, 1.54) is 0 Å². The third-order valence-electron chi connectivity index (χ3n) is 4.00. The molecule has 3 aromatic rings. The summed E-state index contributed by atoms with van der Waals surface area (Å²) in [5.74, 6) is 0.581. The van der Waals surface area contributed by atoms with Crippen LogP contribution in [0.5, 0.6) is 0 Å². The van der Waals surface area contributed by atoms with E-state index < -0.39 is 0 Å². The van der Waals surface area contributed by atoms with Crippen molar-refractivity contribution in [3.05, 3.63) is 40.3 Å². The highest BCUT2D eigenvalue weighted by Crippen LogP contribution is 2.26. The third-order valence-corrected chi connectivity index (χ3v) is 4.00. The van der Waals surface area contributed by atoms with Crippen molar-refractivity contribution in [2.24, 2.45) is 7.05 Å². The molecular formula is C18H23N5O. The van der Waals surface area contributed by atoms with Gasteiger partial charge in [-0.3, -0.25) is 9.48 Å².